The number of carbonyl (C=O) groups excluding carboxylic acids is 3. The van der Waals surface area contributed by atoms with E-state index in [9.17, 15) is 14.4 Å². The van der Waals surface area contributed by atoms with E-state index >= 15 is 8.78 Å². The average molecular weight is 1340 g/mol. The van der Waals surface area contributed by atoms with Crippen molar-refractivity contribution in [3.63, 3.8) is 0 Å². The number of anilines is 4. The van der Waals surface area contributed by atoms with Gasteiger partial charge in [0.05, 0.1) is 48.1 Å². The van der Waals surface area contributed by atoms with Gasteiger partial charge in [0.2, 0.25) is 35.2 Å². The van der Waals surface area contributed by atoms with Crippen LogP contribution in [0.2, 0.25) is 0 Å². The van der Waals surface area contributed by atoms with Crippen molar-refractivity contribution in [3.8, 4) is 34.8 Å². The van der Waals surface area contributed by atoms with Crippen molar-refractivity contribution in [2.45, 2.75) is 80.9 Å². The second-order valence-electron chi connectivity index (χ2n) is 20.2. The molecule has 6 aromatic heterocycles. The lowest BCUT2D eigenvalue weighted by molar-refractivity contribution is -0.115. The third-order valence-corrected chi connectivity index (χ3v) is 16.5. The van der Waals surface area contributed by atoms with Crippen LogP contribution in [0.3, 0.4) is 0 Å². The van der Waals surface area contributed by atoms with Crippen LogP contribution in [0.15, 0.2) is 260 Å². The summed E-state index contributed by atoms with van der Waals surface area (Å²) < 4.78 is 51.9. The molecular weight excluding hydrogens is 1270 g/mol. The molecule has 19 nitrogen and oxygen atoms in total. The number of halogens is 2. The molecule has 0 spiro atoms. The van der Waals surface area contributed by atoms with Crippen molar-refractivity contribution in [3.05, 3.63) is 248 Å². The van der Waals surface area contributed by atoms with E-state index in [4.69, 9.17) is 13.3 Å². The van der Waals surface area contributed by atoms with Crippen molar-refractivity contribution in [2.24, 2.45) is 0 Å². The topological polar surface area (TPSA) is 222 Å². The summed E-state index contributed by atoms with van der Waals surface area (Å²) in [5.41, 5.74) is 5.29. The van der Waals surface area contributed by atoms with Crippen LogP contribution in [0.1, 0.15) is 68.6 Å². The Morgan fingerprint density at radius 2 is 0.926 bits per heavy atom. The van der Waals surface area contributed by atoms with E-state index < -0.39 is 6.05 Å². The van der Waals surface area contributed by atoms with Gasteiger partial charge in [-0.25, -0.2) is 4.57 Å². The van der Waals surface area contributed by atoms with Gasteiger partial charge in [-0.15, -0.1) is 30.6 Å². The van der Waals surface area contributed by atoms with E-state index in [0.29, 0.717) is 50.3 Å². The van der Waals surface area contributed by atoms with E-state index in [1.165, 1.54) is 60.1 Å². The van der Waals surface area contributed by atoms with Crippen LogP contribution >= 0.6 is 35.3 Å². The van der Waals surface area contributed by atoms with E-state index in [-0.39, 0.29) is 67.1 Å². The summed E-state index contributed by atoms with van der Waals surface area (Å²) in [5, 5.41) is 34.6. The molecule has 6 heterocycles. The van der Waals surface area contributed by atoms with Gasteiger partial charge >= 0.3 is 6.05 Å². The number of nitrogens with zero attached hydrogens (tertiary/aromatic N) is 10. The molecule has 496 valence electrons. The molecular formula is C71H79F2N13O6S3. The fraction of sp³-hybridized carbons (Fsp3) is 0.197. The van der Waals surface area contributed by atoms with Crippen LogP contribution in [-0.2, 0) is 27.0 Å². The molecule has 3 N–H and O–H groups in total. The SMILES string of the molecule is CC.CC.CC(Sc1nnc(-c2ccco2)n1C(C)c1ccccc1)C(=O)Nc1ccccc1.CN(C)c1ccc(Cn2c(SCC(=O)Nc3ccccc3)nnc2-c2ccco2)cc1.O=C(CSc1nnc(-c2ccco2)n1C(F)(F)c1ccccc1)Nc1ccccc1.[HH].[HH].[HH]. The minimum atomic E-state index is -3.45. The van der Waals surface area contributed by atoms with E-state index in [2.05, 4.69) is 94.8 Å². The summed E-state index contributed by atoms with van der Waals surface area (Å²) in [6.45, 7) is 12.5. The molecule has 3 amide bonds. The van der Waals surface area contributed by atoms with Gasteiger partial charge in [-0.2, -0.15) is 8.78 Å². The third-order valence-electron chi connectivity index (χ3n) is 13.6. The first-order valence-corrected chi connectivity index (χ1v) is 33.3. The van der Waals surface area contributed by atoms with Crippen LogP contribution in [0.25, 0.3) is 34.8 Å². The Kier molecular flexibility index (Phi) is 26.5. The predicted octanol–water partition coefficient (Wildman–Crippen LogP) is 17.3. The van der Waals surface area contributed by atoms with Gasteiger partial charge < -0.3 is 34.1 Å². The quantitative estimate of drug-likeness (QED) is 0.0537. The van der Waals surface area contributed by atoms with Crippen LogP contribution in [0, 0.1) is 0 Å². The second kappa shape index (κ2) is 35.7. The average Bonchev–Trinajstić information content (AvgIpc) is 1.57. The van der Waals surface area contributed by atoms with Crippen molar-refractivity contribution < 1.29 is 40.7 Å². The number of nitrogens with one attached hydrogen (secondary N) is 3. The first-order valence-electron chi connectivity index (χ1n) is 30.5. The molecule has 2 unspecified atom stereocenters. The van der Waals surface area contributed by atoms with Crippen LogP contribution < -0.4 is 20.9 Å². The van der Waals surface area contributed by atoms with E-state index in [1.54, 1.807) is 48.9 Å². The molecule has 0 saturated heterocycles. The Balaban J connectivity index is 0.000000255. The Morgan fingerprint density at radius 3 is 1.42 bits per heavy atom. The number of alkyl halides is 2. The zero-order valence-corrected chi connectivity index (χ0v) is 56.1. The number of rotatable bonds is 22. The second-order valence-corrected chi connectivity index (χ2v) is 23.4. The maximum Gasteiger partial charge on any atom is 0.359 e. The molecule has 0 radical (unpaired) electrons. The van der Waals surface area contributed by atoms with Crippen LogP contribution in [-0.4, -0.2) is 92.9 Å². The van der Waals surface area contributed by atoms with Gasteiger partial charge in [-0.3, -0.25) is 23.5 Å². The number of hydrogen-bond donors (Lipinski definition) is 3. The molecule has 6 aromatic carbocycles. The lowest BCUT2D eigenvalue weighted by atomic mass is 10.1. The summed E-state index contributed by atoms with van der Waals surface area (Å²) in [5.74, 6) is 2.15. The van der Waals surface area contributed by atoms with Crippen LogP contribution in [0.5, 0.6) is 0 Å². The number of hydrogen-bond acceptors (Lipinski definition) is 16. The summed E-state index contributed by atoms with van der Waals surface area (Å²) in [6, 6.07) is 60.5. The first kappa shape index (κ1) is 70.6. The van der Waals surface area contributed by atoms with Gasteiger partial charge in [-0.05, 0) is 110 Å². The highest BCUT2D eigenvalue weighted by molar-refractivity contribution is 8.00. The lowest BCUT2D eigenvalue weighted by Gasteiger charge is -2.21. The summed E-state index contributed by atoms with van der Waals surface area (Å²) >= 11 is 3.59. The highest BCUT2D eigenvalue weighted by Gasteiger charge is 2.40. The Morgan fingerprint density at radius 1 is 0.505 bits per heavy atom. The van der Waals surface area contributed by atoms with Crippen molar-refractivity contribution in [1.82, 2.24) is 44.3 Å². The zero-order chi connectivity index (χ0) is 67.5. The number of amides is 3. The number of benzene rings is 6. The van der Waals surface area contributed by atoms with E-state index in [0.717, 1.165) is 40.0 Å². The van der Waals surface area contributed by atoms with Crippen molar-refractivity contribution in [2.75, 3.05) is 46.5 Å². The molecule has 0 aliphatic rings. The minimum absolute atomic E-state index is 0. The van der Waals surface area contributed by atoms with E-state index in [1.807, 2.05) is 167 Å². The third kappa shape index (κ3) is 19.4. The normalized spacial score (nSPS) is 11.3. The molecule has 24 heteroatoms. The van der Waals surface area contributed by atoms with Crippen molar-refractivity contribution >= 4 is 75.8 Å². The maximum absolute atomic E-state index is 15.4. The highest BCUT2D eigenvalue weighted by Crippen LogP contribution is 2.39. The van der Waals surface area contributed by atoms with Gasteiger partial charge in [-0.1, -0.05) is 190 Å². The summed E-state index contributed by atoms with van der Waals surface area (Å²) in [6.07, 6.45) is 4.60. The number of carbonyl (C=O) groups is 3. The number of furan rings is 3. The summed E-state index contributed by atoms with van der Waals surface area (Å²) in [4.78, 5) is 39.4. The van der Waals surface area contributed by atoms with Crippen LogP contribution in [0.4, 0.5) is 31.5 Å². The molecule has 0 aliphatic heterocycles. The number of aromatic nitrogens is 9. The lowest BCUT2D eigenvalue weighted by Crippen LogP contribution is -2.26. The smallest absolute Gasteiger partial charge is 0.359 e. The zero-order valence-electron chi connectivity index (χ0n) is 53.6. The molecule has 95 heavy (non-hydrogen) atoms. The fourth-order valence-electron chi connectivity index (χ4n) is 8.99. The number of thioether (sulfide) groups is 3. The minimum Gasteiger partial charge on any atom is -0.461 e. The predicted molar refractivity (Wildman–Crippen MR) is 380 cm³/mol. The first-order chi connectivity index (χ1) is 46.3. The summed E-state index contributed by atoms with van der Waals surface area (Å²) in [7, 11) is 4.03. The standard InChI is InChI=1S/C23H23N5O2S.C23H22N4O2S.C21H16F2N4O2S.2C2H6.3H2/c1-27(2)19-12-10-17(11-13-19)15-28-22(20-9-6-14-30-20)25-26-23(28)31-16-21(29)24-18-7-4-3-5-8-18;1-16(18-10-5-3-6-11-18)27-21(20-14-9-15-29-20)25-26-23(27)30-17(2)22(28)24-19-12-7-4-8-13-19;22-21(23,15-8-3-1-4-9-15)27-19(17-12-7-13-29-17)25-26-20(27)30-14-18(28)24-16-10-5-2-6-11-16;2*1-2;;;/h3-14H,15-16H2,1-2H3,(H,24,29);3-17H,1-2H3,(H,24,28);1-13H,14H2,(H,24,28);2*1-2H3;3*1H. The molecule has 2 atom stereocenters. The molecule has 0 bridgehead atoms. The molecule has 12 rings (SSSR count). The maximum atomic E-state index is 15.4. The van der Waals surface area contributed by atoms with Crippen molar-refractivity contribution in [1.29, 1.82) is 0 Å². The number of para-hydroxylation sites is 3. The highest BCUT2D eigenvalue weighted by atomic mass is 32.2. The molecule has 0 aliphatic carbocycles. The Hall–Kier alpha value is -10.3. The van der Waals surface area contributed by atoms with Gasteiger partial charge in [0.1, 0.15) is 0 Å². The molecule has 12 aromatic rings. The fourth-order valence-corrected chi connectivity index (χ4v) is 11.4. The van der Waals surface area contributed by atoms with Gasteiger partial charge in [0.15, 0.2) is 32.8 Å². The molecule has 0 fully saturated rings. The van der Waals surface area contributed by atoms with Gasteiger partial charge in [0.25, 0.3) is 0 Å². The molecule has 0 saturated carbocycles. The largest absolute Gasteiger partial charge is 0.461 e. The Labute approximate surface area is 567 Å². The Bertz CT molecular complexity index is 4220. The van der Waals surface area contributed by atoms with Gasteiger partial charge in [0, 0.05) is 46.7 Å². The monoisotopic (exact) mass is 1340 g/mol.